The highest BCUT2D eigenvalue weighted by Gasteiger charge is 2.33. The fourth-order valence-corrected chi connectivity index (χ4v) is 2.00. The molecule has 0 spiro atoms. The second-order valence-corrected chi connectivity index (χ2v) is 4.30. The zero-order valence-corrected chi connectivity index (χ0v) is 8.95. The zero-order valence-electron chi connectivity index (χ0n) is 8.95. The average molecular weight is 196 g/mol. The molecule has 0 aliphatic heterocycles. The summed E-state index contributed by atoms with van der Waals surface area (Å²) >= 11 is 0. The Kier molecular flexibility index (Phi) is 2.92. The maximum absolute atomic E-state index is 5.56. The molecule has 0 heteroatoms. The topological polar surface area (TPSA) is 0 Å². The molecule has 15 heavy (non-hydrogen) atoms. The molecule has 76 valence electrons. The van der Waals surface area contributed by atoms with E-state index in [1.807, 2.05) is 6.07 Å². The molecule has 0 radical (unpaired) electrons. The number of hydrogen-bond acceptors (Lipinski definition) is 0. The number of allylic oxidation sites excluding steroid dienone is 1. The van der Waals surface area contributed by atoms with Crippen LogP contribution in [-0.2, 0) is 0 Å². The summed E-state index contributed by atoms with van der Waals surface area (Å²) in [5.74, 6) is 2.95. The van der Waals surface area contributed by atoms with Crippen LogP contribution in [0.2, 0.25) is 0 Å². The van der Waals surface area contributed by atoms with E-state index in [2.05, 4.69) is 42.3 Å². The maximum atomic E-state index is 5.56. The highest BCUT2D eigenvalue weighted by atomic mass is 14.4. The van der Waals surface area contributed by atoms with Gasteiger partial charge < -0.3 is 0 Å². The van der Waals surface area contributed by atoms with Gasteiger partial charge in [0.2, 0.25) is 0 Å². The van der Waals surface area contributed by atoms with Gasteiger partial charge in [-0.3, -0.25) is 0 Å². The molecule has 1 aromatic carbocycles. The van der Waals surface area contributed by atoms with Crippen LogP contribution in [0.1, 0.15) is 31.2 Å². The van der Waals surface area contributed by atoms with E-state index < -0.39 is 0 Å². The molecule has 1 aliphatic carbocycles. The van der Waals surface area contributed by atoms with Gasteiger partial charge in [0, 0.05) is 5.41 Å². The molecule has 0 aromatic heterocycles. The third-order valence-corrected chi connectivity index (χ3v) is 3.24. The highest BCUT2D eigenvalue weighted by molar-refractivity contribution is 5.48. The largest absolute Gasteiger partial charge is 0.120 e. The lowest BCUT2D eigenvalue weighted by atomic mass is 9.67. The van der Waals surface area contributed by atoms with Crippen molar-refractivity contribution in [3.8, 4) is 12.3 Å². The van der Waals surface area contributed by atoms with Crippen LogP contribution >= 0.6 is 0 Å². The minimum absolute atomic E-state index is 0.186. The first-order chi connectivity index (χ1) is 7.35. The minimum atomic E-state index is 0.186. The Hall–Kier alpha value is -1.48. The normalized spacial score (nSPS) is 18.3. The molecule has 0 saturated heterocycles. The summed E-state index contributed by atoms with van der Waals surface area (Å²) in [6, 6.07) is 10.4. The highest BCUT2D eigenvalue weighted by Crippen LogP contribution is 2.43. The standard InChI is InChI=1S/C15H16/c1-2-15(12-7-13-15)11-6-10-14-8-4-3-5-9-14/h1,3-6,8-10H,7,11-13H2/b10-6+. The van der Waals surface area contributed by atoms with Gasteiger partial charge in [0.25, 0.3) is 0 Å². The Balaban J connectivity index is 1.94. The van der Waals surface area contributed by atoms with Crippen LogP contribution in [0, 0.1) is 17.8 Å². The second kappa shape index (κ2) is 4.36. The van der Waals surface area contributed by atoms with Crippen LogP contribution in [0.4, 0.5) is 0 Å². The number of rotatable bonds is 3. The molecule has 1 aliphatic rings. The summed E-state index contributed by atoms with van der Waals surface area (Å²) < 4.78 is 0. The van der Waals surface area contributed by atoms with Crippen LogP contribution in [0.15, 0.2) is 36.4 Å². The second-order valence-electron chi connectivity index (χ2n) is 4.30. The van der Waals surface area contributed by atoms with E-state index in [4.69, 9.17) is 6.42 Å². The van der Waals surface area contributed by atoms with E-state index in [0.29, 0.717) is 0 Å². The fourth-order valence-electron chi connectivity index (χ4n) is 2.00. The van der Waals surface area contributed by atoms with Gasteiger partial charge in [-0.25, -0.2) is 0 Å². The molecule has 1 fully saturated rings. The van der Waals surface area contributed by atoms with Crippen molar-refractivity contribution in [2.45, 2.75) is 25.7 Å². The molecule has 1 aromatic rings. The SMILES string of the molecule is C#CC1(C/C=C/c2ccccc2)CCC1. The van der Waals surface area contributed by atoms with Crippen molar-refractivity contribution in [2.24, 2.45) is 5.41 Å². The summed E-state index contributed by atoms with van der Waals surface area (Å²) in [5, 5.41) is 0. The summed E-state index contributed by atoms with van der Waals surface area (Å²) in [5.41, 5.74) is 1.44. The predicted octanol–water partition coefficient (Wildman–Crippen LogP) is 3.89. The molecule has 0 amide bonds. The van der Waals surface area contributed by atoms with Crippen molar-refractivity contribution in [2.75, 3.05) is 0 Å². The Morgan fingerprint density at radius 1 is 1.27 bits per heavy atom. The van der Waals surface area contributed by atoms with Gasteiger partial charge in [-0.2, -0.15) is 0 Å². The number of benzene rings is 1. The Morgan fingerprint density at radius 3 is 2.53 bits per heavy atom. The molecular formula is C15H16. The number of terminal acetylenes is 1. The molecule has 0 atom stereocenters. The first-order valence-corrected chi connectivity index (χ1v) is 5.54. The quantitative estimate of drug-likeness (QED) is 0.643. The predicted molar refractivity (Wildman–Crippen MR) is 65.2 cm³/mol. The monoisotopic (exact) mass is 196 g/mol. The Labute approximate surface area is 92.0 Å². The molecule has 0 nitrogen and oxygen atoms in total. The van der Waals surface area contributed by atoms with Crippen LogP contribution in [0.25, 0.3) is 6.08 Å². The van der Waals surface area contributed by atoms with E-state index in [9.17, 15) is 0 Å². The fraction of sp³-hybridized carbons (Fsp3) is 0.333. The van der Waals surface area contributed by atoms with E-state index in [-0.39, 0.29) is 5.41 Å². The lowest BCUT2D eigenvalue weighted by Gasteiger charge is -2.36. The molecule has 0 unspecified atom stereocenters. The van der Waals surface area contributed by atoms with Crippen LogP contribution in [0.5, 0.6) is 0 Å². The molecule has 0 N–H and O–H groups in total. The smallest absolute Gasteiger partial charge is 0.0346 e. The van der Waals surface area contributed by atoms with Crippen LogP contribution in [0.3, 0.4) is 0 Å². The lowest BCUT2D eigenvalue weighted by molar-refractivity contribution is 0.223. The van der Waals surface area contributed by atoms with Crippen LogP contribution < -0.4 is 0 Å². The van der Waals surface area contributed by atoms with Gasteiger partial charge in [-0.1, -0.05) is 54.8 Å². The average Bonchev–Trinajstić information content (AvgIpc) is 2.24. The molecule has 2 rings (SSSR count). The van der Waals surface area contributed by atoms with E-state index in [1.54, 1.807) is 0 Å². The van der Waals surface area contributed by atoms with Crippen molar-refractivity contribution in [3.63, 3.8) is 0 Å². The summed E-state index contributed by atoms with van der Waals surface area (Å²) in [4.78, 5) is 0. The van der Waals surface area contributed by atoms with Gasteiger partial charge in [0.1, 0.15) is 0 Å². The Morgan fingerprint density at radius 2 is 2.00 bits per heavy atom. The Bertz CT molecular complexity index is 374. The minimum Gasteiger partial charge on any atom is -0.120 e. The molecule has 1 saturated carbocycles. The van der Waals surface area contributed by atoms with E-state index >= 15 is 0 Å². The molecular weight excluding hydrogens is 180 g/mol. The third kappa shape index (κ3) is 2.30. The third-order valence-electron chi connectivity index (χ3n) is 3.24. The molecule has 0 bridgehead atoms. The zero-order chi connectivity index (χ0) is 10.6. The van der Waals surface area contributed by atoms with Crippen LogP contribution in [-0.4, -0.2) is 0 Å². The molecule has 0 heterocycles. The van der Waals surface area contributed by atoms with E-state index in [1.165, 1.54) is 24.8 Å². The van der Waals surface area contributed by atoms with Crippen molar-refractivity contribution in [1.82, 2.24) is 0 Å². The number of hydrogen-bond donors (Lipinski definition) is 0. The van der Waals surface area contributed by atoms with Crippen molar-refractivity contribution in [3.05, 3.63) is 42.0 Å². The van der Waals surface area contributed by atoms with Gasteiger partial charge in [0.05, 0.1) is 0 Å². The van der Waals surface area contributed by atoms with Gasteiger partial charge in [-0.05, 0) is 24.8 Å². The van der Waals surface area contributed by atoms with Crippen molar-refractivity contribution >= 4 is 6.08 Å². The summed E-state index contributed by atoms with van der Waals surface area (Å²) in [7, 11) is 0. The van der Waals surface area contributed by atoms with Gasteiger partial charge >= 0.3 is 0 Å². The first kappa shape index (κ1) is 10.1. The van der Waals surface area contributed by atoms with Gasteiger partial charge in [0.15, 0.2) is 0 Å². The summed E-state index contributed by atoms with van der Waals surface area (Å²) in [6.07, 6.45) is 14.7. The maximum Gasteiger partial charge on any atom is 0.0346 e. The van der Waals surface area contributed by atoms with Gasteiger partial charge in [-0.15, -0.1) is 6.42 Å². The lowest BCUT2D eigenvalue weighted by Crippen LogP contribution is -2.26. The van der Waals surface area contributed by atoms with Crippen molar-refractivity contribution in [1.29, 1.82) is 0 Å². The van der Waals surface area contributed by atoms with E-state index in [0.717, 1.165) is 6.42 Å². The van der Waals surface area contributed by atoms with Crippen molar-refractivity contribution < 1.29 is 0 Å². The first-order valence-electron chi connectivity index (χ1n) is 5.54. The summed E-state index contributed by atoms with van der Waals surface area (Å²) in [6.45, 7) is 0.